The Hall–Kier alpha value is -2.17. The van der Waals surface area contributed by atoms with E-state index < -0.39 is 6.10 Å². The maximum Gasteiger partial charge on any atom is 0.339 e. The zero-order chi connectivity index (χ0) is 15.4. The molecule has 1 aromatic heterocycles. The molecule has 2 rings (SSSR count). The van der Waals surface area contributed by atoms with E-state index in [0.717, 1.165) is 24.0 Å². The highest BCUT2D eigenvalue weighted by molar-refractivity contribution is 5.91. The van der Waals surface area contributed by atoms with Crippen LogP contribution in [0, 0.1) is 13.8 Å². The van der Waals surface area contributed by atoms with E-state index in [4.69, 9.17) is 9.26 Å². The molecule has 5 heteroatoms. The van der Waals surface area contributed by atoms with Gasteiger partial charge < -0.3 is 9.26 Å². The first-order chi connectivity index (χ1) is 10.0. The number of ether oxygens (including phenoxy) is 1. The molecule has 1 atom stereocenters. The number of hydrogen-bond donors (Lipinski definition) is 0. The average molecular weight is 288 g/mol. The number of rotatable bonds is 5. The van der Waals surface area contributed by atoms with E-state index in [1.54, 1.807) is 6.92 Å². The highest BCUT2D eigenvalue weighted by Gasteiger charge is 2.20. The summed E-state index contributed by atoms with van der Waals surface area (Å²) in [5.74, 6) is 0.596. The quantitative estimate of drug-likeness (QED) is 0.787. The fourth-order valence-electron chi connectivity index (χ4n) is 1.99. The molecule has 0 amide bonds. The Morgan fingerprint density at radius 2 is 2.14 bits per heavy atom. The summed E-state index contributed by atoms with van der Waals surface area (Å²) in [5, 5.41) is 3.86. The van der Waals surface area contributed by atoms with Crippen molar-refractivity contribution < 1.29 is 14.1 Å². The van der Waals surface area contributed by atoms with Crippen molar-refractivity contribution in [2.75, 3.05) is 0 Å². The molecule has 0 radical (unpaired) electrons. The van der Waals surface area contributed by atoms with Crippen LogP contribution in [0.25, 0.3) is 0 Å². The van der Waals surface area contributed by atoms with Gasteiger partial charge in [-0.1, -0.05) is 29.8 Å². The van der Waals surface area contributed by atoms with E-state index in [9.17, 15) is 4.79 Å². The molecule has 0 aliphatic heterocycles. The van der Waals surface area contributed by atoms with Crippen LogP contribution in [-0.2, 0) is 11.2 Å². The molecule has 5 nitrogen and oxygen atoms in total. The smallest absolute Gasteiger partial charge is 0.339 e. The standard InChI is InChI=1S/C16H20N2O3/c1-5-6-14-17-15(21-18-14)12(4)20-16(19)13-9-10(2)7-8-11(13)3/h7-9,12H,5-6H2,1-4H3. The van der Waals surface area contributed by atoms with Gasteiger partial charge in [0, 0.05) is 6.42 Å². The molecule has 0 saturated heterocycles. The number of carbonyl (C=O) groups excluding carboxylic acids is 1. The van der Waals surface area contributed by atoms with Gasteiger partial charge in [-0.25, -0.2) is 4.79 Å². The minimum Gasteiger partial charge on any atom is -0.449 e. The number of aromatic nitrogens is 2. The highest BCUT2D eigenvalue weighted by atomic mass is 16.6. The summed E-state index contributed by atoms with van der Waals surface area (Å²) in [7, 11) is 0. The monoisotopic (exact) mass is 288 g/mol. The van der Waals surface area contributed by atoms with Gasteiger partial charge in [-0.05, 0) is 38.8 Å². The predicted octanol–water partition coefficient (Wildman–Crippen LogP) is 3.56. The van der Waals surface area contributed by atoms with Gasteiger partial charge >= 0.3 is 5.97 Å². The molecular weight excluding hydrogens is 268 g/mol. The largest absolute Gasteiger partial charge is 0.449 e. The summed E-state index contributed by atoms with van der Waals surface area (Å²) < 4.78 is 10.5. The maximum absolute atomic E-state index is 12.2. The van der Waals surface area contributed by atoms with E-state index in [1.807, 2.05) is 39.0 Å². The van der Waals surface area contributed by atoms with Gasteiger partial charge in [-0.15, -0.1) is 0 Å². The third-order valence-corrected chi connectivity index (χ3v) is 3.20. The van der Waals surface area contributed by atoms with Crippen LogP contribution in [0.3, 0.4) is 0 Å². The van der Waals surface area contributed by atoms with Crippen LogP contribution < -0.4 is 0 Å². The van der Waals surface area contributed by atoms with E-state index >= 15 is 0 Å². The molecule has 1 heterocycles. The number of esters is 1. The molecule has 2 aromatic rings. The van der Waals surface area contributed by atoms with Gasteiger partial charge in [0.2, 0.25) is 0 Å². The van der Waals surface area contributed by atoms with Gasteiger partial charge in [0.25, 0.3) is 5.89 Å². The van der Waals surface area contributed by atoms with Crippen molar-refractivity contribution >= 4 is 5.97 Å². The molecule has 0 aliphatic carbocycles. The number of carbonyl (C=O) groups is 1. The highest BCUT2D eigenvalue weighted by Crippen LogP contribution is 2.19. The van der Waals surface area contributed by atoms with E-state index in [-0.39, 0.29) is 5.97 Å². The second-order valence-corrected chi connectivity index (χ2v) is 5.16. The fourth-order valence-corrected chi connectivity index (χ4v) is 1.99. The summed E-state index contributed by atoms with van der Waals surface area (Å²) in [4.78, 5) is 16.5. The van der Waals surface area contributed by atoms with Crippen LogP contribution in [0.5, 0.6) is 0 Å². The Bertz CT molecular complexity index is 634. The van der Waals surface area contributed by atoms with Crippen LogP contribution in [0.1, 0.15) is 59.6 Å². The van der Waals surface area contributed by atoms with E-state index in [1.165, 1.54) is 0 Å². The summed E-state index contributed by atoms with van der Waals surface area (Å²) in [5.41, 5.74) is 2.47. The first kappa shape index (κ1) is 15.2. The van der Waals surface area contributed by atoms with Gasteiger partial charge in [0.1, 0.15) is 0 Å². The summed E-state index contributed by atoms with van der Waals surface area (Å²) in [6.45, 7) is 7.59. The lowest BCUT2D eigenvalue weighted by Gasteiger charge is -2.11. The number of nitrogens with zero attached hydrogens (tertiary/aromatic N) is 2. The number of hydrogen-bond acceptors (Lipinski definition) is 5. The molecule has 112 valence electrons. The summed E-state index contributed by atoms with van der Waals surface area (Å²) in [6, 6.07) is 5.69. The predicted molar refractivity (Wildman–Crippen MR) is 78.0 cm³/mol. The van der Waals surface area contributed by atoms with Crippen LogP contribution in [-0.4, -0.2) is 16.1 Å². The molecular formula is C16H20N2O3. The molecule has 0 N–H and O–H groups in total. The third-order valence-electron chi connectivity index (χ3n) is 3.20. The average Bonchev–Trinajstić information content (AvgIpc) is 2.90. The first-order valence-corrected chi connectivity index (χ1v) is 7.12. The Morgan fingerprint density at radius 3 is 2.86 bits per heavy atom. The number of aryl methyl sites for hydroxylation is 3. The molecule has 1 unspecified atom stereocenters. The zero-order valence-electron chi connectivity index (χ0n) is 12.8. The Kier molecular flexibility index (Phi) is 4.73. The molecule has 21 heavy (non-hydrogen) atoms. The van der Waals surface area contributed by atoms with Crippen molar-refractivity contribution in [3.8, 4) is 0 Å². The van der Waals surface area contributed by atoms with E-state index in [0.29, 0.717) is 17.3 Å². The van der Waals surface area contributed by atoms with Crippen LogP contribution in [0.2, 0.25) is 0 Å². The summed E-state index contributed by atoms with van der Waals surface area (Å²) in [6.07, 6.45) is 1.13. The van der Waals surface area contributed by atoms with Gasteiger partial charge in [0.15, 0.2) is 11.9 Å². The van der Waals surface area contributed by atoms with Crippen molar-refractivity contribution in [2.24, 2.45) is 0 Å². The van der Waals surface area contributed by atoms with Gasteiger partial charge in [0.05, 0.1) is 5.56 Å². The maximum atomic E-state index is 12.2. The summed E-state index contributed by atoms with van der Waals surface area (Å²) >= 11 is 0. The first-order valence-electron chi connectivity index (χ1n) is 7.12. The van der Waals surface area contributed by atoms with Crippen molar-refractivity contribution in [1.29, 1.82) is 0 Å². The topological polar surface area (TPSA) is 65.2 Å². The Labute approximate surface area is 124 Å². The van der Waals surface area contributed by atoms with Crippen LogP contribution in [0.4, 0.5) is 0 Å². The minimum atomic E-state index is -0.560. The Balaban J connectivity index is 2.09. The van der Waals surface area contributed by atoms with Crippen molar-refractivity contribution in [2.45, 2.75) is 46.6 Å². The molecule has 0 fully saturated rings. The van der Waals surface area contributed by atoms with Gasteiger partial charge in [-0.2, -0.15) is 4.98 Å². The SMILES string of the molecule is CCCc1noc(C(C)OC(=O)c2cc(C)ccc2C)n1. The minimum absolute atomic E-state index is 0.331. The van der Waals surface area contributed by atoms with E-state index in [2.05, 4.69) is 10.1 Å². The Morgan fingerprint density at radius 1 is 1.38 bits per heavy atom. The fraction of sp³-hybridized carbons (Fsp3) is 0.438. The third kappa shape index (κ3) is 3.68. The second-order valence-electron chi connectivity index (χ2n) is 5.16. The zero-order valence-corrected chi connectivity index (χ0v) is 12.8. The molecule has 1 aromatic carbocycles. The number of benzene rings is 1. The van der Waals surface area contributed by atoms with Gasteiger partial charge in [-0.3, -0.25) is 0 Å². The molecule has 0 saturated carbocycles. The lowest BCUT2D eigenvalue weighted by molar-refractivity contribution is 0.0264. The van der Waals surface area contributed by atoms with Crippen LogP contribution >= 0.6 is 0 Å². The normalized spacial score (nSPS) is 12.2. The van der Waals surface area contributed by atoms with Crippen molar-refractivity contribution in [3.05, 3.63) is 46.6 Å². The molecule has 0 spiro atoms. The molecule has 0 aliphatic rings. The van der Waals surface area contributed by atoms with Crippen molar-refractivity contribution in [1.82, 2.24) is 10.1 Å². The van der Waals surface area contributed by atoms with Crippen LogP contribution in [0.15, 0.2) is 22.7 Å². The lowest BCUT2D eigenvalue weighted by atomic mass is 10.1. The second kappa shape index (κ2) is 6.52. The van der Waals surface area contributed by atoms with Crippen molar-refractivity contribution in [3.63, 3.8) is 0 Å². The lowest BCUT2D eigenvalue weighted by Crippen LogP contribution is -2.11. The molecule has 0 bridgehead atoms.